The molecule has 0 bridgehead atoms. The number of para-hydroxylation sites is 1. The highest BCUT2D eigenvalue weighted by molar-refractivity contribution is 5.76. The van der Waals surface area contributed by atoms with Crippen molar-refractivity contribution in [3.05, 3.63) is 76.4 Å². The van der Waals surface area contributed by atoms with Crippen molar-refractivity contribution in [3.8, 4) is 11.4 Å². The Bertz CT molecular complexity index is 1080. The topological polar surface area (TPSA) is 83.0 Å². The van der Waals surface area contributed by atoms with Crippen molar-refractivity contribution in [3.63, 3.8) is 0 Å². The summed E-state index contributed by atoms with van der Waals surface area (Å²) in [5.41, 5.74) is 1.26. The number of nitrogens with zero attached hydrogens (tertiary/aromatic N) is 4. The number of tetrazole rings is 1. The number of fused-ring (bicyclic) bond motifs is 1. The van der Waals surface area contributed by atoms with Crippen LogP contribution in [0.15, 0.2) is 63.8 Å². The first-order valence-corrected chi connectivity index (χ1v) is 7.68. The molecule has 25 heavy (non-hydrogen) atoms. The molecule has 7 nitrogen and oxygen atoms in total. The van der Waals surface area contributed by atoms with Gasteiger partial charge in [-0.3, -0.25) is 4.79 Å². The number of benzene rings is 2. The zero-order valence-corrected chi connectivity index (χ0v) is 13.4. The van der Waals surface area contributed by atoms with Crippen molar-refractivity contribution in [2.45, 2.75) is 6.42 Å². The third-order valence-electron chi connectivity index (χ3n) is 3.87. The Balaban J connectivity index is 1.70. The second-order valence-electron chi connectivity index (χ2n) is 5.45. The van der Waals surface area contributed by atoms with Crippen molar-refractivity contribution in [2.75, 3.05) is 7.11 Å². The van der Waals surface area contributed by atoms with E-state index < -0.39 is 0 Å². The van der Waals surface area contributed by atoms with E-state index >= 15 is 0 Å². The molecule has 0 spiro atoms. The minimum Gasteiger partial charge on any atom is -0.497 e. The summed E-state index contributed by atoms with van der Waals surface area (Å²) in [5, 5.41) is 12.4. The van der Waals surface area contributed by atoms with Gasteiger partial charge >= 0.3 is 0 Å². The van der Waals surface area contributed by atoms with Crippen LogP contribution in [0.2, 0.25) is 0 Å². The Morgan fingerprint density at radius 2 is 1.92 bits per heavy atom. The van der Waals surface area contributed by atoms with Crippen LogP contribution >= 0.6 is 0 Å². The molecule has 2 aromatic carbocycles. The predicted molar refractivity (Wildman–Crippen MR) is 91.0 cm³/mol. The number of hydrogen-bond donors (Lipinski definition) is 0. The highest BCUT2D eigenvalue weighted by Gasteiger charge is 2.12. The van der Waals surface area contributed by atoms with Crippen LogP contribution in [0.4, 0.5) is 0 Å². The van der Waals surface area contributed by atoms with Crippen LogP contribution in [0.5, 0.6) is 5.75 Å². The number of rotatable bonds is 4. The van der Waals surface area contributed by atoms with Crippen LogP contribution in [-0.4, -0.2) is 27.3 Å². The molecule has 0 atom stereocenters. The molecule has 2 heterocycles. The van der Waals surface area contributed by atoms with Crippen molar-refractivity contribution in [1.82, 2.24) is 20.2 Å². The molecule has 0 saturated heterocycles. The summed E-state index contributed by atoms with van der Waals surface area (Å²) >= 11 is 0. The van der Waals surface area contributed by atoms with Crippen LogP contribution in [0.1, 0.15) is 11.6 Å². The Hall–Kier alpha value is -3.48. The van der Waals surface area contributed by atoms with Gasteiger partial charge in [-0.05, 0) is 46.8 Å². The normalized spacial score (nSPS) is 10.9. The van der Waals surface area contributed by atoms with E-state index in [1.165, 1.54) is 6.07 Å². The molecule has 4 aromatic rings. The van der Waals surface area contributed by atoms with Gasteiger partial charge in [-0.15, -0.1) is 5.10 Å². The molecular weight excluding hydrogens is 320 g/mol. The fourth-order valence-electron chi connectivity index (χ4n) is 2.64. The minimum absolute atomic E-state index is 0.0830. The monoisotopic (exact) mass is 334 g/mol. The lowest BCUT2D eigenvalue weighted by molar-refractivity contribution is 0.414. The van der Waals surface area contributed by atoms with E-state index in [1.807, 2.05) is 36.4 Å². The number of ether oxygens (including phenoxy) is 1. The molecule has 0 amide bonds. The van der Waals surface area contributed by atoms with E-state index in [-0.39, 0.29) is 5.43 Å². The van der Waals surface area contributed by atoms with Crippen LogP contribution in [0, 0.1) is 0 Å². The summed E-state index contributed by atoms with van der Waals surface area (Å²) in [6.07, 6.45) is 0.305. The average molecular weight is 334 g/mol. The molecule has 4 rings (SSSR count). The zero-order valence-electron chi connectivity index (χ0n) is 13.4. The fraction of sp³-hybridized carbons (Fsp3) is 0.111. The average Bonchev–Trinajstić information content (AvgIpc) is 3.10. The second kappa shape index (κ2) is 6.20. The molecule has 0 aliphatic rings. The van der Waals surface area contributed by atoms with Gasteiger partial charge < -0.3 is 9.15 Å². The van der Waals surface area contributed by atoms with Crippen molar-refractivity contribution >= 4 is 11.0 Å². The first kappa shape index (κ1) is 15.1. The molecule has 0 fully saturated rings. The van der Waals surface area contributed by atoms with Gasteiger partial charge in [0.15, 0.2) is 11.3 Å². The lowest BCUT2D eigenvalue weighted by Crippen LogP contribution is -2.07. The van der Waals surface area contributed by atoms with E-state index in [2.05, 4.69) is 15.5 Å². The SMILES string of the molecule is COc1ccc(-n2nnnc2Cc2cc(=O)c3ccccc3o2)cc1. The molecular formula is C18H14N4O3. The standard InChI is InChI=1S/C18H14N4O3/c1-24-13-8-6-12(7-9-13)22-18(19-20-21-22)11-14-10-16(23)15-4-2-3-5-17(15)25-14/h2-10H,11H2,1H3. The van der Waals surface area contributed by atoms with Gasteiger partial charge in [0.25, 0.3) is 0 Å². The molecule has 124 valence electrons. The fourth-order valence-corrected chi connectivity index (χ4v) is 2.64. The van der Waals surface area contributed by atoms with Gasteiger partial charge in [-0.1, -0.05) is 12.1 Å². The molecule has 0 radical (unpaired) electrons. The Kier molecular flexibility index (Phi) is 3.74. The molecule has 7 heteroatoms. The molecule has 0 unspecified atom stereocenters. The smallest absolute Gasteiger partial charge is 0.192 e. The van der Waals surface area contributed by atoms with Crippen LogP contribution in [0.25, 0.3) is 16.7 Å². The summed E-state index contributed by atoms with van der Waals surface area (Å²) < 4.78 is 12.6. The zero-order chi connectivity index (χ0) is 17.2. The van der Waals surface area contributed by atoms with Gasteiger partial charge in [-0.25, -0.2) is 0 Å². The molecule has 2 aromatic heterocycles. The number of aromatic nitrogens is 4. The van der Waals surface area contributed by atoms with Gasteiger partial charge in [0.2, 0.25) is 0 Å². The van der Waals surface area contributed by atoms with Gasteiger partial charge in [0.05, 0.1) is 24.6 Å². The molecule has 0 N–H and O–H groups in total. The predicted octanol–water partition coefficient (Wildman–Crippen LogP) is 2.37. The van der Waals surface area contributed by atoms with Gasteiger partial charge in [0, 0.05) is 6.07 Å². The van der Waals surface area contributed by atoms with E-state index in [4.69, 9.17) is 9.15 Å². The maximum absolute atomic E-state index is 12.2. The summed E-state index contributed by atoms with van der Waals surface area (Å²) in [7, 11) is 1.61. The van der Waals surface area contributed by atoms with Crippen LogP contribution in [-0.2, 0) is 6.42 Å². The third kappa shape index (κ3) is 2.87. The van der Waals surface area contributed by atoms with E-state index in [0.717, 1.165) is 11.4 Å². The maximum Gasteiger partial charge on any atom is 0.192 e. The summed E-state index contributed by atoms with van der Waals surface area (Å²) in [4.78, 5) is 12.2. The van der Waals surface area contributed by atoms with E-state index in [0.29, 0.717) is 29.0 Å². The molecule has 0 aliphatic heterocycles. The van der Waals surface area contributed by atoms with Crippen molar-refractivity contribution in [2.24, 2.45) is 0 Å². The Labute approximate surface area is 142 Å². The largest absolute Gasteiger partial charge is 0.497 e. The van der Waals surface area contributed by atoms with Crippen molar-refractivity contribution < 1.29 is 9.15 Å². The highest BCUT2D eigenvalue weighted by Crippen LogP contribution is 2.17. The van der Waals surface area contributed by atoms with Crippen LogP contribution < -0.4 is 10.2 Å². The number of hydrogen-bond acceptors (Lipinski definition) is 6. The summed E-state index contributed by atoms with van der Waals surface area (Å²) in [6, 6.07) is 16.0. The lowest BCUT2D eigenvalue weighted by Gasteiger charge is -2.06. The molecule has 0 saturated carbocycles. The van der Waals surface area contributed by atoms with Gasteiger partial charge in [-0.2, -0.15) is 4.68 Å². The summed E-state index contributed by atoms with van der Waals surface area (Å²) in [6.45, 7) is 0. The molecule has 0 aliphatic carbocycles. The minimum atomic E-state index is -0.0830. The quantitative estimate of drug-likeness (QED) is 0.570. The van der Waals surface area contributed by atoms with E-state index in [9.17, 15) is 4.79 Å². The first-order chi connectivity index (χ1) is 12.2. The van der Waals surface area contributed by atoms with Crippen molar-refractivity contribution in [1.29, 1.82) is 0 Å². The third-order valence-corrected chi connectivity index (χ3v) is 3.87. The maximum atomic E-state index is 12.2. The Morgan fingerprint density at radius 3 is 2.72 bits per heavy atom. The first-order valence-electron chi connectivity index (χ1n) is 7.68. The second-order valence-corrected chi connectivity index (χ2v) is 5.45. The number of methoxy groups -OCH3 is 1. The highest BCUT2D eigenvalue weighted by atomic mass is 16.5. The van der Waals surface area contributed by atoms with Crippen LogP contribution in [0.3, 0.4) is 0 Å². The Morgan fingerprint density at radius 1 is 1.12 bits per heavy atom. The van der Waals surface area contributed by atoms with E-state index in [1.54, 1.807) is 23.9 Å². The van der Waals surface area contributed by atoms with Gasteiger partial charge in [0.1, 0.15) is 17.1 Å². The summed E-state index contributed by atoms with van der Waals surface area (Å²) in [5.74, 6) is 1.83. The lowest BCUT2D eigenvalue weighted by atomic mass is 10.2.